The van der Waals surface area contributed by atoms with Crippen LogP contribution >= 0.6 is 11.6 Å². The molecule has 1 amide bonds. The normalized spacial score (nSPS) is 10.4. The second-order valence-corrected chi connectivity index (χ2v) is 3.74. The van der Waals surface area contributed by atoms with Crippen LogP contribution in [-0.4, -0.2) is 10.9 Å². The first-order valence-corrected chi connectivity index (χ1v) is 5.48. The Morgan fingerprint density at radius 3 is 2.73 bits per heavy atom. The van der Waals surface area contributed by atoms with E-state index in [1.54, 1.807) is 18.3 Å². The lowest BCUT2D eigenvalue weighted by Crippen LogP contribution is -2.22. The van der Waals surface area contributed by atoms with E-state index in [4.69, 9.17) is 11.6 Å². The van der Waals surface area contributed by atoms with Crippen LogP contribution in [-0.2, 0) is 4.79 Å². The Balaban J connectivity index is 2.70. The molecule has 0 saturated carbocycles. The minimum absolute atomic E-state index is 0.0133. The van der Waals surface area contributed by atoms with Gasteiger partial charge in [0.25, 0.3) is 0 Å². The Labute approximate surface area is 94.9 Å². The van der Waals surface area contributed by atoms with Gasteiger partial charge in [-0.25, -0.2) is 4.98 Å². The van der Waals surface area contributed by atoms with Crippen LogP contribution in [0.15, 0.2) is 18.3 Å². The van der Waals surface area contributed by atoms with Gasteiger partial charge in [-0.2, -0.15) is 0 Å². The number of hydrogen-bond donors (Lipinski definition) is 1. The van der Waals surface area contributed by atoms with Crippen LogP contribution in [0.5, 0.6) is 0 Å². The van der Waals surface area contributed by atoms with Gasteiger partial charge >= 0.3 is 0 Å². The van der Waals surface area contributed by atoms with Gasteiger partial charge in [0.1, 0.15) is 0 Å². The maximum Gasteiger partial charge on any atom is 0.228 e. The third kappa shape index (κ3) is 3.20. The minimum atomic E-state index is -0.0133. The summed E-state index contributed by atoms with van der Waals surface area (Å²) in [7, 11) is 0. The maximum atomic E-state index is 11.7. The molecule has 15 heavy (non-hydrogen) atoms. The van der Waals surface area contributed by atoms with Crippen molar-refractivity contribution >= 4 is 23.3 Å². The summed E-state index contributed by atoms with van der Waals surface area (Å²) in [5.41, 5.74) is 0. The number of nitrogens with zero attached hydrogens (tertiary/aromatic N) is 1. The van der Waals surface area contributed by atoms with E-state index in [9.17, 15) is 4.79 Å². The Morgan fingerprint density at radius 2 is 2.20 bits per heavy atom. The zero-order valence-electron chi connectivity index (χ0n) is 8.96. The quantitative estimate of drug-likeness (QED) is 0.857. The number of amides is 1. The molecule has 1 aromatic heterocycles. The predicted octanol–water partition coefficient (Wildman–Crippen LogP) is 3.11. The number of aromatic nitrogens is 1. The van der Waals surface area contributed by atoms with Crippen molar-refractivity contribution in [2.75, 3.05) is 5.32 Å². The number of pyridine rings is 1. The highest BCUT2D eigenvalue weighted by Crippen LogP contribution is 2.19. The molecule has 0 spiro atoms. The van der Waals surface area contributed by atoms with Gasteiger partial charge in [-0.15, -0.1) is 0 Å². The molecular formula is C11H15ClN2O. The molecule has 4 heteroatoms. The summed E-state index contributed by atoms with van der Waals surface area (Å²) in [5, 5.41) is 3.20. The van der Waals surface area contributed by atoms with Gasteiger partial charge in [0.05, 0.1) is 5.02 Å². The van der Waals surface area contributed by atoms with Crippen LogP contribution in [0.2, 0.25) is 5.02 Å². The first-order chi connectivity index (χ1) is 7.19. The van der Waals surface area contributed by atoms with E-state index >= 15 is 0 Å². The minimum Gasteiger partial charge on any atom is -0.309 e. The van der Waals surface area contributed by atoms with Gasteiger partial charge < -0.3 is 5.32 Å². The second-order valence-electron chi connectivity index (χ2n) is 3.34. The summed E-state index contributed by atoms with van der Waals surface area (Å²) in [4.78, 5) is 15.7. The summed E-state index contributed by atoms with van der Waals surface area (Å²) in [6.07, 6.45) is 3.26. The smallest absolute Gasteiger partial charge is 0.228 e. The highest BCUT2D eigenvalue weighted by atomic mass is 35.5. The number of hydrogen-bond acceptors (Lipinski definition) is 2. The van der Waals surface area contributed by atoms with Gasteiger partial charge in [0, 0.05) is 12.1 Å². The van der Waals surface area contributed by atoms with Crippen LogP contribution in [0.3, 0.4) is 0 Å². The lowest BCUT2D eigenvalue weighted by atomic mass is 10.0. The molecule has 1 rings (SSSR count). The molecule has 0 aliphatic heterocycles. The molecule has 1 heterocycles. The number of anilines is 1. The standard InChI is InChI=1S/C11H15ClN2O/c1-3-8(4-2)11(15)14-10-9(12)6-5-7-13-10/h5-8H,3-4H2,1-2H3,(H,13,14,15). The summed E-state index contributed by atoms with van der Waals surface area (Å²) >= 11 is 5.88. The Kier molecular flexibility index (Phi) is 4.56. The number of carbonyl (C=O) groups is 1. The Bertz CT molecular complexity index is 337. The molecule has 82 valence electrons. The topological polar surface area (TPSA) is 42.0 Å². The molecule has 3 nitrogen and oxygen atoms in total. The fraction of sp³-hybridized carbons (Fsp3) is 0.455. The van der Waals surface area contributed by atoms with Crippen LogP contribution in [0.1, 0.15) is 26.7 Å². The first-order valence-electron chi connectivity index (χ1n) is 5.10. The zero-order valence-corrected chi connectivity index (χ0v) is 9.71. The van der Waals surface area contributed by atoms with E-state index in [-0.39, 0.29) is 11.8 Å². The van der Waals surface area contributed by atoms with Crippen molar-refractivity contribution < 1.29 is 4.79 Å². The van der Waals surface area contributed by atoms with E-state index in [1.807, 2.05) is 13.8 Å². The number of carbonyl (C=O) groups excluding carboxylic acids is 1. The number of rotatable bonds is 4. The monoisotopic (exact) mass is 226 g/mol. The molecule has 0 bridgehead atoms. The molecule has 0 unspecified atom stereocenters. The second kappa shape index (κ2) is 5.71. The summed E-state index contributed by atoms with van der Waals surface area (Å²) in [5.74, 6) is 0.458. The lowest BCUT2D eigenvalue weighted by molar-refractivity contribution is -0.120. The van der Waals surface area contributed by atoms with Crippen LogP contribution < -0.4 is 5.32 Å². The summed E-state index contributed by atoms with van der Waals surface area (Å²) in [6.45, 7) is 3.99. The molecular weight excluding hydrogens is 212 g/mol. The Morgan fingerprint density at radius 1 is 1.53 bits per heavy atom. The van der Waals surface area contributed by atoms with Crippen LogP contribution in [0.25, 0.3) is 0 Å². The zero-order chi connectivity index (χ0) is 11.3. The van der Waals surface area contributed by atoms with E-state index in [2.05, 4.69) is 10.3 Å². The highest BCUT2D eigenvalue weighted by Gasteiger charge is 2.15. The third-order valence-corrected chi connectivity index (χ3v) is 2.66. The first kappa shape index (κ1) is 12.0. The summed E-state index contributed by atoms with van der Waals surface area (Å²) in [6, 6.07) is 3.44. The molecule has 0 fully saturated rings. The fourth-order valence-electron chi connectivity index (χ4n) is 1.36. The Hall–Kier alpha value is -1.09. The molecule has 1 aromatic rings. The van der Waals surface area contributed by atoms with Crippen molar-refractivity contribution in [1.29, 1.82) is 0 Å². The van der Waals surface area contributed by atoms with Crippen molar-refractivity contribution in [3.8, 4) is 0 Å². The van der Waals surface area contributed by atoms with E-state index < -0.39 is 0 Å². The van der Waals surface area contributed by atoms with Crippen molar-refractivity contribution in [2.24, 2.45) is 5.92 Å². The average molecular weight is 227 g/mol. The molecule has 1 N–H and O–H groups in total. The van der Waals surface area contributed by atoms with Gasteiger partial charge in [0.2, 0.25) is 5.91 Å². The summed E-state index contributed by atoms with van der Waals surface area (Å²) < 4.78 is 0. The largest absolute Gasteiger partial charge is 0.309 e. The molecule has 0 atom stereocenters. The molecule has 0 aromatic carbocycles. The van der Waals surface area contributed by atoms with E-state index in [1.165, 1.54) is 0 Å². The van der Waals surface area contributed by atoms with Crippen molar-refractivity contribution in [3.05, 3.63) is 23.4 Å². The number of halogens is 1. The maximum absolute atomic E-state index is 11.7. The third-order valence-electron chi connectivity index (χ3n) is 2.36. The molecule has 0 saturated heterocycles. The SMILES string of the molecule is CCC(CC)C(=O)Nc1ncccc1Cl. The van der Waals surface area contributed by atoms with Crippen molar-refractivity contribution in [1.82, 2.24) is 4.98 Å². The molecule has 0 aliphatic rings. The van der Waals surface area contributed by atoms with Gasteiger partial charge in [0.15, 0.2) is 5.82 Å². The van der Waals surface area contributed by atoms with Gasteiger partial charge in [-0.1, -0.05) is 25.4 Å². The van der Waals surface area contributed by atoms with Crippen LogP contribution in [0.4, 0.5) is 5.82 Å². The number of nitrogens with one attached hydrogen (secondary N) is 1. The van der Waals surface area contributed by atoms with Crippen molar-refractivity contribution in [2.45, 2.75) is 26.7 Å². The predicted molar refractivity (Wildman–Crippen MR) is 61.9 cm³/mol. The van der Waals surface area contributed by atoms with Gasteiger partial charge in [-0.3, -0.25) is 4.79 Å². The van der Waals surface area contributed by atoms with E-state index in [0.717, 1.165) is 12.8 Å². The fourth-order valence-corrected chi connectivity index (χ4v) is 1.52. The molecule has 0 aliphatic carbocycles. The average Bonchev–Trinajstić information content (AvgIpc) is 2.23. The highest BCUT2D eigenvalue weighted by molar-refractivity contribution is 6.33. The lowest BCUT2D eigenvalue weighted by Gasteiger charge is -2.12. The van der Waals surface area contributed by atoms with Crippen molar-refractivity contribution in [3.63, 3.8) is 0 Å². The molecule has 0 radical (unpaired) electrons. The van der Waals surface area contributed by atoms with Gasteiger partial charge in [-0.05, 0) is 25.0 Å². The van der Waals surface area contributed by atoms with Crippen LogP contribution in [0, 0.1) is 5.92 Å². The van der Waals surface area contributed by atoms with E-state index in [0.29, 0.717) is 10.8 Å².